The maximum atomic E-state index is 13.3. The molecule has 0 bridgehead atoms. The third kappa shape index (κ3) is 3.56. The van der Waals surface area contributed by atoms with Crippen LogP contribution < -0.4 is 0 Å². The van der Waals surface area contributed by atoms with E-state index < -0.39 is 36.4 Å². The van der Waals surface area contributed by atoms with E-state index in [1.165, 1.54) is 24.3 Å². The highest BCUT2D eigenvalue weighted by Gasteiger charge is 2.46. The summed E-state index contributed by atoms with van der Waals surface area (Å²) in [4.78, 5) is 42.0. The summed E-state index contributed by atoms with van der Waals surface area (Å²) in [6.45, 7) is 0.287. The number of imide groups is 1. The molecule has 26 heavy (non-hydrogen) atoms. The fourth-order valence-corrected chi connectivity index (χ4v) is 2.89. The molecule has 1 atom stereocenters. The molecule has 0 N–H and O–H groups in total. The Morgan fingerprint density at radius 2 is 1.65 bits per heavy atom. The normalized spacial score (nSPS) is 19.4. The molecule has 2 aliphatic rings. The molecule has 0 aliphatic carbocycles. The van der Waals surface area contributed by atoms with Crippen LogP contribution in [-0.4, -0.2) is 66.3 Å². The van der Waals surface area contributed by atoms with Gasteiger partial charge in [-0.25, -0.2) is 4.79 Å². The van der Waals surface area contributed by atoms with Crippen molar-refractivity contribution in [2.45, 2.75) is 18.6 Å². The second-order valence-electron chi connectivity index (χ2n) is 5.82. The van der Waals surface area contributed by atoms with Crippen LogP contribution in [0, 0.1) is 0 Å². The minimum atomic E-state index is -4.67. The van der Waals surface area contributed by atoms with Crippen molar-refractivity contribution in [1.29, 1.82) is 0 Å². The van der Waals surface area contributed by atoms with Crippen LogP contribution >= 0.6 is 0 Å². The largest absolute Gasteiger partial charge is 0.404 e. The Morgan fingerprint density at radius 3 is 2.15 bits per heavy atom. The Balaban J connectivity index is 1.69. The molecule has 2 amide bonds. The number of hydrogen-bond donors (Lipinski definition) is 0. The molecule has 1 unspecified atom stereocenters. The fraction of sp³-hybridized carbons (Fsp3) is 0.438. The van der Waals surface area contributed by atoms with Crippen molar-refractivity contribution in [3.63, 3.8) is 0 Å². The van der Waals surface area contributed by atoms with Gasteiger partial charge in [-0.05, 0) is 12.1 Å². The summed E-state index contributed by atoms with van der Waals surface area (Å²) in [5.41, 5.74) is 0.0664. The number of morpholine rings is 1. The second-order valence-corrected chi connectivity index (χ2v) is 5.82. The van der Waals surface area contributed by atoms with Gasteiger partial charge < -0.3 is 9.57 Å². The topological polar surface area (TPSA) is 76.2 Å². The Bertz CT molecular complexity index is 696. The standard InChI is InChI=1S/C16H15F3N2O5/c17-16(18,19)12(20-5-7-25-8-6-20)9-13(22)26-21-14(23)10-3-1-2-4-11(10)15(21)24/h1-4,12H,5-9H2. The SMILES string of the molecule is O=C(CC(N1CCOCC1)C(F)(F)F)ON1C(=O)c2ccccc2C1=O. The van der Waals surface area contributed by atoms with Crippen molar-refractivity contribution in [3.8, 4) is 0 Å². The van der Waals surface area contributed by atoms with Crippen LogP contribution in [0.15, 0.2) is 24.3 Å². The zero-order valence-corrected chi connectivity index (χ0v) is 13.5. The molecular formula is C16H15F3N2O5. The van der Waals surface area contributed by atoms with Gasteiger partial charge in [0.25, 0.3) is 11.8 Å². The van der Waals surface area contributed by atoms with E-state index in [4.69, 9.17) is 4.74 Å². The van der Waals surface area contributed by atoms with Gasteiger partial charge in [-0.3, -0.25) is 14.5 Å². The number of amides is 2. The van der Waals surface area contributed by atoms with E-state index >= 15 is 0 Å². The summed E-state index contributed by atoms with van der Waals surface area (Å²) in [5.74, 6) is -3.07. The molecule has 1 fully saturated rings. The third-order valence-electron chi connectivity index (χ3n) is 4.17. The Hall–Kier alpha value is -2.46. The van der Waals surface area contributed by atoms with E-state index in [-0.39, 0.29) is 42.5 Å². The van der Waals surface area contributed by atoms with Gasteiger partial charge in [0.1, 0.15) is 6.04 Å². The number of fused-ring (bicyclic) bond motifs is 1. The predicted octanol–water partition coefficient (Wildman–Crippen LogP) is 1.39. The Labute approximate surface area is 146 Å². The van der Waals surface area contributed by atoms with E-state index in [2.05, 4.69) is 4.84 Å². The average Bonchev–Trinajstić information content (AvgIpc) is 2.85. The lowest BCUT2D eigenvalue weighted by molar-refractivity contribution is -0.204. The van der Waals surface area contributed by atoms with Crippen LogP contribution in [0.3, 0.4) is 0 Å². The van der Waals surface area contributed by atoms with Crippen molar-refractivity contribution in [2.24, 2.45) is 0 Å². The van der Waals surface area contributed by atoms with Gasteiger partial charge >= 0.3 is 12.1 Å². The van der Waals surface area contributed by atoms with Crippen molar-refractivity contribution >= 4 is 17.8 Å². The second kappa shape index (κ2) is 7.04. The lowest BCUT2D eigenvalue weighted by Crippen LogP contribution is -2.52. The van der Waals surface area contributed by atoms with E-state index in [1.54, 1.807) is 0 Å². The highest BCUT2D eigenvalue weighted by molar-refractivity contribution is 6.20. The number of rotatable bonds is 4. The first-order valence-electron chi connectivity index (χ1n) is 7.86. The van der Waals surface area contributed by atoms with Gasteiger partial charge in [-0.1, -0.05) is 17.2 Å². The van der Waals surface area contributed by atoms with Crippen LogP contribution in [0.25, 0.3) is 0 Å². The van der Waals surface area contributed by atoms with Gasteiger partial charge in [-0.15, -0.1) is 0 Å². The monoisotopic (exact) mass is 372 g/mol. The lowest BCUT2D eigenvalue weighted by atomic mass is 10.1. The summed E-state index contributed by atoms with van der Waals surface area (Å²) >= 11 is 0. The van der Waals surface area contributed by atoms with E-state index in [0.29, 0.717) is 0 Å². The molecular weight excluding hydrogens is 357 g/mol. The first kappa shape index (κ1) is 18.3. The Morgan fingerprint density at radius 1 is 1.12 bits per heavy atom. The summed E-state index contributed by atoms with van der Waals surface area (Å²) in [6.07, 6.45) is -5.70. The van der Waals surface area contributed by atoms with Crippen LogP contribution in [0.4, 0.5) is 13.2 Å². The van der Waals surface area contributed by atoms with Gasteiger partial charge in [0, 0.05) is 13.1 Å². The molecule has 2 heterocycles. The molecule has 140 valence electrons. The zero-order valence-electron chi connectivity index (χ0n) is 13.5. The molecule has 1 aromatic rings. The van der Waals surface area contributed by atoms with Crippen molar-refractivity contribution in [2.75, 3.05) is 26.3 Å². The van der Waals surface area contributed by atoms with E-state index in [9.17, 15) is 27.6 Å². The number of hydrogen-bond acceptors (Lipinski definition) is 6. The average molecular weight is 372 g/mol. The predicted molar refractivity (Wildman–Crippen MR) is 79.9 cm³/mol. The quantitative estimate of drug-likeness (QED) is 0.744. The molecule has 1 aromatic carbocycles. The number of alkyl halides is 3. The molecule has 0 aromatic heterocycles. The number of hydroxylamine groups is 2. The Kier molecular flexibility index (Phi) is 4.97. The molecule has 0 saturated carbocycles. The fourth-order valence-electron chi connectivity index (χ4n) is 2.89. The number of halogens is 3. The molecule has 1 saturated heterocycles. The summed E-state index contributed by atoms with van der Waals surface area (Å²) in [5, 5.41) is 0.208. The van der Waals surface area contributed by atoms with Crippen molar-refractivity contribution in [3.05, 3.63) is 35.4 Å². The minimum absolute atomic E-state index is 0.0183. The number of carbonyl (C=O) groups excluding carboxylic acids is 3. The minimum Gasteiger partial charge on any atom is -0.379 e. The number of carbonyl (C=O) groups is 3. The first-order valence-corrected chi connectivity index (χ1v) is 7.86. The smallest absolute Gasteiger partial charge is 0.379 e. The molecule has 3 rings (SSSR count). The summed E-state index contributed by atoms with van der Waals surface area (Å²) in [7, 11) is 0. The summed E-state index contributed by atoms with van der Waals surface area (Å²) in [6, 6.07) is 3.71. The van der Waals surface area contributed by atoms with Crippen molar-refractivity contribution < 1.29 is 37.1 Å². The van der Waals surface area contributed by atoms with Gasteiger partial charge in [0.05, 0.1) is 30.8 Å². The van der Waals surface area contributed by atoms with Gasteiger partial charge in [0.2, 0.25) is 0 Å². The van der Waals surface area contributed by atoms with E-state index in [0.717, 1.165) is 4.90 Å². The van der Waals surface area contributed by atoms with Crippen LogP contribution in [0.1, 0.15) is 27.1 Å². The van der Waals surface area contributed by atoms with Crippen LogP contribution in [-0.2, 0) is 14.4 Å². The maximum Gasteiger partial charge on any atom is 0.404 e. The lowest BCUT2D eigenvalue weighted by Gasteiger charge is -2.35. The number of ether oxygens (including phenoxy) is 1. The molecule has 2 aliphatic heterocycles. The zero-order chi connectivity index (χ0) is 18.9. The highest BCUT2D eigenvalue weighted by atomic mass is 19.4. The molecule has 7 nitrogen and oxygen atoms in total. The van der Waals surface area contributed by atoms with Crippen LogP contribution in [0.5, 0.6) is 0 Å². The number of benzene rings is 1. The van der Waals surface area contributed by atoms with Gasteiger partial charge in [-0.2, -0.15) is 13.2 Å². The number of nitrogens with zero attached hydrogens (tertiary/aromatic N) is 2. The molecule has 10 heteroatoms. The molecule has 0 spiro atoms. The van der Waals surface area contributed by atoms with Crippen molar-refractivity contribution in [1.82, 2.24) is 9.96 Å². The summed E-state index contributed by atoms with van der Waals surface area (Å²) < 4.78 is 44.9. The van der Waals surface area contributed by atoms with E-state index in [1.807, 2.05) is 0 Å². The highest BCUT2D eigenvalue weighted by Crippen LogP contribution is 2.29. The van der Waals surface area contributed by atoms with Crippen LogP contribution in [0.2, 0.25) is 0 Å². The third-order valence-corrected chi connectivity index (χ3v) is 4.17. The maximum absolute atomic E-state index is 13.3. The van der Waals surface area contributed by atoms with Gasteiger partial charge in [0.15, 0.2) is 0 Å². The first-order chi connectivity index (χ1) is 12.3. The molecule has 0 radical (unpaired) electrons.